The number of esters is 1. The van der Waals surface area contributed by atoms with Gasteiger partial charge in [-0.25, -0.2) is 0 Å². The normalized spacial score (nSPS) is 26.7. The van der Waals surface area contributed by atoms with Crippen LogP contribution in [0.25, 0.3) is 0 Å². The summed E-state index contributed by atoms with van der Waals surface area (Å²) in [7, 11) is 3.17. The van der Waals surface area contributed by atoms with E-state index in [1.807, 2.05) is 43.0 Å². The smallest absolute Gasteiger partial charge is 0.310 e. The zero-order chi connectivity index (χ0) is 22.5. The second-order valence-corrected chi connectivity index (χ2v) is 8.58. The number of hydrogen-bond donors (Lipinski definition) is 1. The number of nitrogens with one attached hydrogen (secondary N) is 1. The van der Waals surface area contributed by atoms with Gasteiger partial charge in [0.1, 0.15) is 0 Å². The minimum atomic E-state index is -0.172. The lowest BCUT2D eigenvalue weighted by molar-refractivity contribution is -0.145. The van der Waals surface area contributed by atoms with E-state index in [1.54, 1.807) is 7.05 Å². The number of aliphatic imine (C=N–C) groups is 1. The highest BCUT2D eigenvalue weighted by molar-refractivity contribution is 5.94. The number of carbonyl (C=O) groups excluding carboxylic acids is 2. The van der Waals surface area contributed by atoms with E-state index in [-0.39, 0.29) is 35.9 Å². The number of morpholine rings is 1. The van der Waals surface area contributed by atoms with Gasteiger partial charge in [-0.1, -0.05) is 19.1 Å². The van der Waals surface area contributed by atoms with Crippen LogP contribution in [0, 0.1) is 11.8 Å². The number of benzene rings is 1. The van der Waals surface area contributed by atoms with Crippen LogP contribution in [0.15, 0.2) is 29.3 Å². The molecule has 2 saturated heterocycles. The first-order valence-electron chi connectivity index (χ1n) is 10.9. The van der Waals surface area contributed by atoms with Crippen LogP contribution in [0.3, 0.4) is 0 Å². The van der Waals surface area contributed by atoms with Gasteiger partial charge in [0.15, 0.2) is 5.96 Å². The SMILES string of the molecule is CN=C(NCc1ccc(C(=O)N2CC(C)OC(C)C2)cc1)N1CC(C)C(C(=O)OC)C1. The average Bonchev–Trinajstić information content (AvgIpc) is 3.14. The third-order valence-electron chi connectivity index (χ3n) is 5.99. The maximum Gasteiger partial charge on any atom is 0.310 e. The first-order chi connectivity index (χ1) is 14.8. The summed E-state index contributed by atoms with van der Waals surface area (Å²) in [5.41, 5.74) is 1.74. The molecule has 0 aromatic heterocycles. The minimum absolute atomic E-state index is 0.0391. The quantitative estimate of drug-likeness (QED) is 0.445. The second kappa shape index (κ2) is 10.1. The lowest BCUT2D eigenvalue weighted by atomic mass is 9.99. The molecule has 0 saturated carbocycles. The highest BCUT2D eigenvalue weighted by Crippen LogP contribution is 2.24. The highest BCUT2D eigenvalue weighted by atomic mass is 16.5. The summed E-state index contributed by atoms with van der Waals surface area (Å²) in [6, 6.07) is 7.67. The molecule has 1 aromatic carbocycles. The Kier molecular flexibility index (Phi) is 7.54. The lowest BCUT2D eigenvalue weighted by Gasteiger charge is -2.35. The van der Waals surface area contributed by atoms with Crippen molar-refractivity contribution in [3.05, 3.63) is 35.4 Å². The van der Waals surface area contributed by atoms with Crippen molar-refractivity contribution in [2.75, 3.05) is 40.3 Å². The number of likely N-dealkylation sites (tertiary alicyclic amines) is 1. The van der Waals surface area contributed by atoms with Gasteiger partial charge in [0.25, 0.3) is 5.91 Å². The third kappa shape index (κ3) is 5.55. The molecule has 1 N–H and O–H groups in total. The summed E-state index contributed by atoms with van der Waals surface area (Å²) in [6.45, 7) is 9.20. The molecule has 1 amide bonds. The molecule has 170 valence electrons. The Labute approximate surface area is 184 Å². The van der Waals surface area contributed by atoms with E-state index < -0.39 is 0 Å². The van der Waals surface area contributed by atoms with E-state index >= 15 is 0 Å². The van der Waals surface area contributed by atoms with Gasteiger partial charge in [-0.15, -0.1) is 0 Å². The van der Waals surface area contributed by atoms with Gasteiger partial charge in [-0.2, -0.15) is 0 Å². The summed E-state index contributed by atoms with van der Waals surface area (Å²) < 4.78 is 10.6. The van der Waals surface area contributed by atoms with Crippen molar-refractivity contribution in [1.82, 2.24) is 15.1 Å². The fourth-order valence-corrected chi connectivity index (χ4v) is 4.40. The van der Waals surface area contributed by atoms with Crippen LogP contribution in [0.4, 0.5) is 0 Å². The molecule has 2 heterocycles. The topological polar surface area (TPSA) is 83.5 Å². The molecule has 4 atom stereocenters. The van der Waals surface area contributed by atoms with Crippen molar-refractivity contribution in [3.63, 3.8) is 0 Å². The molecule has 2 aliphatic heterocycles. The van der Waals surface area contributed by atoms with E-state index in [1.165, 1.54) is 7.11 Å². The van der Waals surface area contributed by atoms with Crippen molar-refractivity contribution in [3.8, 4) is 0 Å². The molecular formula is C23H34N4O4. The van der Waals surface area contributed by atoms with Crippen LogP contribution in [-0.4, -0.2) is 80.2 Å². The summed E-state index contributed by atoms with van der Waals surface area (Å²) in [5.74, 6) is 0.697. The van der Waals surface area contributed by atoms with Crippen molar-refractivity contribution in [2.45, 2.75) is 39.5 Å². The van der Waals surface area contributed by atoms with Crippen LogP contribution >= 0.6 is 0 Å². The van der Waals surface area contributed by atoms with Crippen molar-refractivity contribution in [1.29, 1.82) is 0 Å². The van der Waals surface area contributed by atoms with Gasteiger partial charge in [0, 0.05) is 45.3 Å². The van der Waals surface area contributed by atoms with Crippen molar-refractivity contribution >= 4 is 17.8 Å². The molecule has 8 heteroatoms. The number of carbonyl (C=O) groups is 2. The summed E-state index contributed by atoms with van der Waals surface area (Å²) in [6.07, 6.45) is 0.102. The van der Waals surface area contributed by atoms with Gasteiger partial charge in [0.2, 0.25) is 0 Å². The van der Waals surface area contributed by atoms with Crippen molar-refractivity contribution in [2.24, 2.45) is 16.8 Å². The van der Waals surface area contributed by atoms with E-state index in [2.05, 4.69) is 22.1 Å². The van der Waals surface area contributed by atoms with E-state index in [4.69, 9.17) is 9.47 Å². The predicted octanol–water partition coefficient (Wildman–Crippen LogP) is 1.75. The summed E-state index contributed by atoms with van der Waals surface area (Å²) in [4.78, 5) is 33.1. The fourth-order valence-electron chi connectivity index (χ4n) is 4.40. The van der Waals surface area contributed by atoms with Gasteiger partial charge < -0.3 is 24.6 Å². The molecular weight excluding hydrogens is 396 g/mol. The molecule has 4 unspecified atom stereocenters. The molecule has 3 rings (SSSR count). The third-order valence-corrected chi connectivity index (χ3v) is 5.99. The molecule has 8 nitrogen and oxygen atoms in total. The van der Waals surface area contributed by atoms with E-state index in [0.29, 0.717) is 31.7 Å². The Morgan fingerprint density at radius 1 is 1.06 bits per heavy atom. The molecule has 2 fully saturated rings. The van der Waals surface area contributed by atoms with Gasteiger partial charge in [-0.05, 0) is 37.5 Å². The Morgan fingerprint density at radius 2 is 1.71 bits per heavy atom. The maximum atomic E-state index is 12.8. The molecule has 31 heavy (non-hydrogen) atoms. The monoisotopic (exact) mass is 430 g/mol. The minimum Gasteiger partial charge on any atom is -0.469 e. The number of rotatable bonds is 4. The predicted molar refractivity (Wildman–Crippen MR) is 119 cm³/mol. The highest BCUT2D eigenvalue weighted by Gasteiger charge is 2.36. The zero-order valence-electron chi connectivity index (χ0n) is 19.1. The number of guanidine groups is 1. The Hall–Kier alpha value is -2.61. The first kappa shape index (κ1) is 23.1. The Morgan fingerprint density at radius 3 is 2.29 bits per heavy atom. The molecule has 0 aliphatic carbocycles. The second-order valence-electron chi connectivity index (χ2n) is 8.58. The summed E-state index contributed by atoms with van der Waals surface area (Å²) in [5, 5.41) is 3.36. The molecule has 1 aromatic rings. The maximum absolute atomic E-state index is 12.8. The van der Waals surface area contributed by atoms with E-state index in [0.717, 1.165) is 18.1 Å². The first-order valence-corrected chi connectivity index (χ1v) is 10.9. The Bertz CT molecular complexity index is 800. The zero-order valence-corrected chi connectivity index (χ0v) is 19.1. The van der Waals surface area contributed by atoms with Gasteiger partial charge in [0.05, 0.1) is 25.2 Å². The van der Waals surface area contributed by atoms with Crippen LogP contribution in [0.1, 0.15) is 36.7 Å². The number of hydrogen-bond acceptors (Lipinski definition) is 5. The molecule has 2 aliphatic rings. The van der Waals surface area contributed by atoms with Gasteiger partial charge >= 0.3 is 5.97 Å². The Balaban J connectivity index is 1.56. The fraction of sp³-hybridized carbons (Fsp3) is 0.609. The number of methoxy groups -OCH3 is 1. The molecule has 0 spiro atoms. The molecule has 0 bridgehead atoms. The van der Waals surface area contributed by atoms with Gasteiger partial charge in [-0.3, -0.25) is 14.6 Å². The van der Waals surface area contributed by atoms with Crippen LogP contribution in [-0.2, 0) is 20.8 Å². The lowest BCUT2D eigenvalue weighted by Crippen LogP contribution is -2.48. The van der Waals surface area contributed by atoms with Crippen molar-refractivity contribution < 1.29 is 19.1 Å². The largest absolute Gasteiger partial charge is 0.469 e. The van der Waals surface area contributed by atoms with E-state index in [9.17, 15) is 9.59 Å². The number of amides is 1. The molecule has 0 radical (unpaired) electrons. The van der Waals surface area contributed by atoms with Crippen LogP contribution in [0.2, 0.25) is 0 Å². The number of nitrogens with zero attached hydrogens (tertiary/aromatic N) is 3. The summed E-state index contributed by atoms with van der Waals surface area (Å²) >= 11 is 0. The standard InChI is InChI=1S/C23H34N4O4/c1-15-11-27(14-20(15)22(29)30-5)23(24-4)25-10-18-6-8-19(9-7-18)21(28)26-12-16(2)31-17(3)13-26/h6-9,15-17,20H,10-14H2,1-5H3,(H,24,25). The van der Waals surface area contributed by atoms with Crippen LogP contribution < -0.4 is 5.32 Å². The van der Waals surface area contributed by atoms with Crippen LogP contribution in [0.5, 0.6) is 0 Å². The number of ether oxygens (including phenoxy) is 2. The average molecular weight is 431 g/mol.